The summed E-state index contributed by atoms with van der Waals surface area (Å²) < 4.78 is 11.3. The highest BCUT2D eigenvalue weighted by atomic mass is 16.5. The first-order valence-electron chi connectivity index (χ1n) is 7.23. The van der Waals surface area contributed by atoms with Gasteiger partial charge in [0, 0.05) is 12.0 Å². The fourth-order valence-electron chi connectivity index (χ4n) is 2.52. The summed E-state index contributed by atoms with van der Waals surface area (Å²) in [5.74, 6) is 1.43. The maximum Gasteiger partial charge on any atom is 0.232 e. The third-order valence-corrected chi connectivity index (χ3v) is 4.26. The van der Waals surface area contributed by atoms with Crippen LogP contribution in [0.2, 0.25) is 0 Å². The summed E-state index contributed by atoms with van der Waals surface area (Å²) in [6.07, 6.45) is 2.90. The lowest BCUT2D eigenvalue weighted by Crippen LogP contribution is -2.38. The minimum absolute atomic E-state index is 0.00261. The van der Waals surface area contributed by atoms with Crippen LogP contribution in [-0.4, -0.2) is 29.8 Å². The average Bonchev–Trinajstić information content (AvgIpc) is 2.91. The molecule has 1 aliphatic rings. The lowest BCUT2D eigenvalue weighted by Gasteiger charge is -2.30. The van der Waals surface area contributed by atoms with Gasteiger partial charge in [-0.25, -0.2) is 0 Å². The van der Waals surface area contributed by atoms with Crippen LogP contribution in [-0.2, 0) is 15.8 Å². The van der Waals surface area contributed by atoms with Crippen LogP contribution >= 0.6 is 0 Å². The zero-order valence-electron chi connectivity index (χ0n) is 12.5. The molecule has 1 fully saturated rings. The van der Waals surface area contributed by atoms with E-state index in [4.69, 9.17) is 9.26 Å². The predicted molar refractivity (Wildman–Crippen MR) is 73.0 cm³/mol. The summed E-state index contributed by atoms with van der Waals surface area (Å²) in [5, 5.41) is 7.53. The van der Waals surface area contributed by atoms with Crippen molar-refractivity contribution in [2.75, 3.05) is 19.7 Å². The molecule has 1 aliphatic heterocycles. The summed E-state index contributed by atoms with van der Waals surface area (Å²) in [5.41, 5.74) is -0.447. The fourth-order valence-corrected chi connectivity index (χ4v) is 2.52. The Balaban J connectivity index is 2.22. The molecule has 2 rings (SSSR count). The Morgan fingerprint density at radius 1 is 1.37 bits per heavy atom. The Kier molecular flexibility index (Phi) is 4.26. The maximum absolute atomic E-state index is 5.80. The average molecular weight is 267 g/mol. The van der Waals surface area contributed by atoms with Gasteiger partial charge in [-0.15, -0.1) is 0 Å². The van der Waals surface area contributed by atoms with Gasteiger partial charge >= 0.3 is 0 Å². The lowest BCUT2D eigenvalue weighted by molar-refractivity contribution is -0.0403. The number of hydrogen-bond donors (Lipinski definition) is 1. The molecule has 1 unspecified atom stereocenters. The number of nitrogens with one attached hydrogen (secondary N) is 1. The Hall–Kier alpha value is -0.940. The van der Waals surface area contributed by atoms with Gasteiger partial charge in [0.2, 0.25) is 11.7 Å². The third kappa shape index (κ3) is 2.82. The van der Waals surface area contributed by atoms with E-state index < -0.39 is 5.60 Å². The quantitative estimate of drug-likeness (QED) is 0.887. The molecule has 0 amide bonds. The Bertz CT molecular complexity index is 389. The second kappa shape index (κ2) is 5.59. The van der Waals surface area contributed by atoms with Crippen LogP contribution in [0.1, 0.15) is 58.7 Å². The highest BCUT2D eigenvalue weighted by molar-refractivity contribution is 5.08. The molecule has 5 heteroatoms. The summed E-state index contributed by atoms with van der Waals surface area (Å²) >= 11 is 0. The van der Waals surface area contributed by atoms with Gasteiger partial charge in [0.25, 0.3) is 0 Å². The minimum atomic E-state index is -0.445. The Labute approximate surface area is 115 Å². The first kappa shape index (κ1) is 14.5. The van der Waals surface area contributed by atoms with Crippen molar-refractivity contribution in [1.29, 1.82) is 0 Å². The number of aromatic nitrogens is 2. The van der Waals surface area contributed by atoms with Crippen molar-refractivity contribution in [3.8, 4) is 0 Å². The summed E-state index contributed by atoms with van der Waals surface area (Å²) in [6.45, 7) is 11.0. The third-order valence-electron chi connectivity index (χ3n) is 4.26. The standard InChI is InChI=1S/C14H25N3O2/c1-5-14(4,18-6-2)11-16-12(19-17-11)13(3)7-9-15-10-8-13/h15H,5-10H2,1-4H3. The minimum Gasteiger partial charge on any atom is -0.367 e. The normalized spacial score (nSPS) is 22.1. The van der Waals surface area contributed by atoms with Crippen molar-refractivity contribution >= 4 is 0 Å². The van der Waals surface area contributed by atoms with Crippen molar-refractivity contribution < 1.29 is 9.26 Å². The molecule has 1 N–H and O–H groups in total. The zero-order chi connectivity index (χ0) is 13.9. The van der Waals surface area contributed by atoms with Crippen LogP contribution in [0.25, 0.3) is 0 Å². The number of ether oxygens (including phenoxy) is 1. The fraction of sp³-hybridized carbons (Fsp3) is 0.857. The number of hydrogen-bond acceptors (Lipinski definition) is 5. The van der Waals surface area contributed by atoms with Gasteiger partial charge in [0.1, 0.15) is 5.60 Å². The van der Waals surface area contributed by atoms with Gasteiger partial charge in [-0.05, 0) is 46.2 Å². The van der Waals surface area contributed by atoms with Gasteiger partial charge in [-0.2, -0.15) is 4.98 Å². The van der Waals surface area contributed by atoms with E-state index in [1.807, 2.05) is 13.8 Å². The molecule has 19 heavy (non-hydrogen) atoms. The molecule has 1 aromatic rings. The maximum atomic E-state index is 5.80. The number of nitrogens with zero attached hydrogens (tertiary/aromatic N) is 2. The van der Waals surface area contributed by atoms with Crippen LogP contribution < -0.4 is 5.32 Å². The molecular weight excluding hydrogens is 242 g/mol. The molecule has 2 heterocycles. The molecule has 1 saturated heterocycles. The van der Waals surface area contributed by atoms with E-state index in [0.717, 1.165) is 38.2 Å². The second-order valence-corrected chi connectivity index (χ2v) is 5.75. The lowest BCUT2D eigenvalue weighted by atomic mass is 9.81. The van der Waals surface area contributed by atoms with Crippen LogP contribution in [0.4, 0.5) is 0 Å². The van der Waals surface area contributed by atoms with Crippen LogP contribution in [0.3, 0.4) is 0 Å². The van der Waals surface area contributed by atoms with E-state index in [2.05, 4.69) is 29.3 Å². The van der Waals surface area contributed by atoms with Gasteiger partial charge in [-0.3, -0.25) is 0 Å². The molecule has 0 spiro atoms. The number of piperidine rings is 1. The SMILES string of the molecule is CCOC(C)(CC)c1noc(C2(C)CCNCC2)n1. The van der Waals surface area contributed by atoms with Crippen molar-refractivity contribution in [1.82, 2.24) is 15.5 Å². The predicted octanol–water partition coefficient (Wildman–Crippen LogP) is 2.37. The van der Waals surface area contributed by atoms with Crippen molar-refractivity contribution in [2.24, 2.45) is 0 Å². The first-order valence-corrected chi connectivity index (χ1v) is 7.23. The van der Waals surface area contributed by atoms with Crippen LogP contribution in [0.15, 0.2) is 4.52 Å². The van der Waals surface area contributed by atoms with E-state index in [0.29, 0.717) is 12.4 Å². The molecule has 1 atom stereocenters. The van der Waals surface area contributed by atoms with Gasteiger partial charge in [0.15, 0.2) is 0 Å². The molecule has 0 aromatic carbocycles. The van der Waals surface area contributed by atoms with E-state index in [1.165, 1.54) is 0 Å². The van der Waals surface area contributed by atoms with Crippen LogP contribution in [0, 0.1) is 0 Å². The van der Waals surface area contributed by atoms with Gasteiger partial charge < -0.3 is 14.6 Å². The van der Waals surface area contributed by atoms with Gasteiger partial charge in [0.05, 0.1) is 0 Å². The number of rotatable bonds is 5. The molecule has 5 nitrogen and oxygen atoms in total. The van der Waals surface area contributed by atoms with E-state index in [-0.39, 0.29) is 5.41 Å². The second-order valence-electron chi connectivity index (χ2n) is 5.75. The molecule has 1 aromatic heterocycles. The van der Waals surface area contributed by atoms with Crippen molar-refractivity contribution in [3.63, 3.8) is 0 Å². The summed E-state index contributed by atoms with van der Waals surface area (Å²) in [7, 11) is 0. The summed E-state index contributed by atoms with van der Waals surface area (Å²) in [4.78, 5) is 4.64. The molecule has 0 aliphatic carbocycles. The van der Waals surface area contributed by atoms with E-state index in [9.17, 15) is 0 Å². The largest absolute Gasteiger partial charge is 0.367 e. The molecular formula is C14H25N3O2. The van der Waals surface area contributed by atoms with Crippen molar-refractivity contribution in [2.45, 2.75) is 58.0 Å². The first-order chi connectivity index (χ1) is 9.04. The highest BCUT2D eigenvalue weighted by Crippen LogP contribution is 2.34. The van der Waals surface area contributed by atoms with E-state index in [1.54, 1.807) is 0 Å². The highest BCUT2D eigenvalue weighted by Gasteiger charge is 2.37. The van der Waals surface area contributed by atoms with Crippen LogP contribution in [0.5, 0.6) is 0 Å². The molecule has 108 valence electrons. The van der Waals surface area contributed by atoms with Crippen molar-refractivity contribution in [3.05, 3.63) is 11.7 Å². The Morgan fingerprint density at radius 3 is 2.63 bits per heavy atom. The zero-order valence-corrected chi connectivity index (χ0v) is 12.5. The topological polar surface area (TPSA) is 60.2 Å². The molecule has 0 saturated carbocycles. The molecule has 0 radical (unpaired) electrons. The monoisotopic (exact) mass is 267 g/mol. The van der Waals surface area contributed by atoms with Gasteiger partial charge in [-0.1, -0.05) is 19.0 Å². The van der Waals surface area contributed by atoms with E-state index >= 15 is 0 Å². The Morgan fingerprint density at radius 2 is 2.05 bits per heavy atom. The summed E-state index contributed by atoms with van der Waals surface area (Å²) in [6, 6.07) is 0. The smallest absolute Gasteiger partial charge is 0.232 e. The molecule has 0 bridgehead atoms.